The van der Waals surface area contributed by atoms with Gasteiger partial charge in [-0.2, -0.15) is 0 Å². The Labute approximate surface area is 501 Å². The Morgan fingerprint density at radius 2 is 0.588 bits per heavy atom. The van der Waals surface area contributed by atoms with E-state index in [1.165, 1.54) is 353 Å². The van der Waals surface area contributed by atoms with Gasteiger partial charge in [0.25, 0.3) is 0 Å². The summed E-state index contributed by atoms with van der Waals surface area (Å²) >= 11 is 0. The topological polar surface area (TPSA) is 95.9 Å². The fourth-order valence-corrected chi connectivity index (χ4v) is 11.9. The molecule has 1 amide bonds. The Balaban J connectivity index is 3.36. The maximum atomic E-state index is 12.5. The number of aliphatic hydroxyl groups excluding tert-OH is 2. The lowest BCUT2D eigenvalue weighted by atomic mass is 10.0. The van der Waals surface area contributed by atoms with E-state index in [0.717, 1.165) is 38.5 Å². The molecule has 0 aliphatic carbocycles. The van der Waals surface area contributed by atoms with Gasteiger partial charge in [-0.05, 0) is 51.4 Å². The lowest BCUT2D eigenvalue weighted by molar-refractivity contribution is -0.143. The summed E-state index contributed by atoms with van der Waals surface area (Å²) in [7, 11) is 0. The molecule has 0 aromatic carbocycles. The van der Waals surface area contributed by atoms with Crippen LogP contribution in [0.3, 0.4) is 0 Å². The maximum Gasteiger partial charge on any atom is 0.305 e. The summed E-state index contributed by atoms with van der Waals surface area (Å²) < 4.78 is 5.48. The fraction of sp³-hybridized carbons (Fsp3) is 0.946. The Bertz CT molecular complexity index is 1210. The number of ether oxygens (including phenoxy) is 1. The Morgan fingerprint density at radius 1 is 0.338 bits per heavy atom. The van der Waals surface area contributed by atoms with Gasteiger partial charge in [0.1, 0.15) is 0 Å². The lowest BCUT2D eigenvalue weighted by Crippen LogP contribution is -2.45. The molecule has 0 spiro atoms. The van der Waals surface area contributed by atoms with E-state index in [1.54, 1.807) is 0 Å². The molecule has 2 atom stereocenters. The number of hydrogen-bond acceptors (Lipinski definition) is 5. The number of amides is 1. The number of carbonyl (C=O) groups excluding carboxylic acids is 2. The molecule has 0 fully saturated rings. The summed E-state index contributed by atoms with van der Waals surface area (Å²) in [4.78, 5) is 24.6. The van der Waals surface area contributed by atoms with Crippen molar-refractivity contribution in [2.75, 3.05) is 13.2 Å². The quantitative estimate of drug-likeness (QED) is 0.0320. The molecular formula is C74H145NO5. The zero-order valence-corrected chi connectivity index (χ0v) is 54.6. The number of esters is 1. The van der Waals surface area contributed by atoms with Crippen LogP contribution in [0.25, 0.3) is 0 Å². The van der Waals surface area contributed by atoms with Crippen LogP contribution in [0.4, 0.5) is 0 Å². The fourth-order valence-electron chi connectivity index (χ4n) is 11.9. The van der Waals surface area contributed by atoms with E-state index in [-0.39, 0.29) is 18.5 Å². The molecule has 2 unspecified atom stereocenters. The van der Waals surface area contributed by atoms with E-state index in [1.807, 2.05) is 0 Å². The molecule has 0 radical (unpaired) electrons. The van der Waals surface area contributed by atoms with Gasteiger partial charge in [-0.1, -0.05) is 373 Å². The summed E-state index contributed by atoms with van der Waals surface area (Å²) in [6, 6.07) is -0.540. The standard InChI is InChI=1S/C74H145NO5/c1-3-5-7-9-11-13-15-17-18-19-20-34-37-40-43-46-50-54-58-62-66-72(77)71(70-76)75-73(78)67-63-59-55-51-47-44-41-38-35-32-30-28-26-24-22-21-23-25-27-29-31-33-36-39-42-45-49-53-57-61-65-69-80-74(79)68-64-60-56-52-48-16-14-12-10-8-6-4-2/h23,25,71-72,76-77H,3-22,24,26-70H2,1-2H3,(H,75,78)/b25-23-. The first-order chi connectivity index (χ1) is 39.5. The van der Waals surface area contributed by atoms with Crippen molar-refractivity contribution in [3.8, 4) is 0 Å². The first kappa shape index (κ1) is 78.6. The number of allylic oxidation sites excluding steroid dienone is 2. The third kappa shape index (κ3) is 65.7. The SMILES string of the molecule is CCCCCCCCCCCCCCCCCCCCCCC(O)C(CO)NC(=O)CCCCCCCCCCCCCCCCC/C=C\CCCCCCCCCCCCCCOC(=O)CCCCCCCCCCCCCC. The van der Waals surface area contributed by atoms with Crippen molar-refractivity contribution in [1.82, 2.24) is 5.32 Å². The average Bonchev–Trinajstić information content (AvgIpc) is 3.46. The zero-order chi connectivity index (χ0) is 57.8. The predicted octanol–water partition coefficient (Wildman–Crippen LogP) is 23.9. The number of rotatable bonds is 70. The number of unbranched alkanes of at least 4 members (excludes halogenated alkanes) is 57. The zero-order valence-electron chi connectivity index (χ0n) is 54.6. The van der Waals surface area contributed by atoms with Crippen molar-refractivity contribution >= 4 is 11.9 Å². The largest absolute Gasteiger partial charge is 0.466 e. The van der Waals surface area contributed by atoms with Gasteiger partial charge in [0.15, 0.2) is 0 Å². The molecule has 0 rings (SSSR count). The van der Waals surface area contributed by atoms with E-state index in [2.05, 4.69) is 31.3 Å². The van der Waals surface area contributed by atoms with Gasteiger partial charge in [0.05, 0.1) is 25.4 Å². The number of hydrogen-bond donors (Lipinski definition) is 3. The second kappa shape index (κ2) is 70.1. The van der Waals surface area contributed by atoms with Crippen LogP contribution in [0.2, 0.25) is 0 Å². The van der Waals surface area contributed by atoms with E-state index < -0.39 is 12.1 Å². The summed E-state index contributed by atoms with van der Waals surface area (Å²) in [5.41, 5.74) is 0. The van der Waals surface area contributed by atoms with Crippen molar-refractivity contribution < 1.29 is 24.5 Å². The summed E-state index contributed by atoms with van der Waals surface area (Å²) in [5, 5.41) is 23.4. The van der Waals surface area contributed by atoms with Gasteiger partial charge in [0.2, 0.25) is 5.91 Å². The van der Waals surface area contributed by atoms with Crippen LogP contribution in [-0.4, -0.2) is 47.4 Å². The normalized spacial score (nSPS) is 12.5. The van der Waals surface area contributed by atoms with Crippen molar-refractivity contribution in [3.05, 3.63) is 12.2 Å². The number of aliphatic hydroxyl groups is 2. The molecule has 0 aromatic rings. The molecule has 0 aromatic heterocycles. The van der Waals surface area contributed by atoms with Gasteiger partial charge in [-0.3, -0.25) is 9.59 Å². The van der Waals surface area contributed by atoms with Crippen LogP contribution in [0.1, 0.15) is 425 Å². The molecule has 0 aliphatic rings. The average molecular weight is 1130 g/mol. The van der Waals surface area contributed by atoms with Crippen molar-refractivity contribution in [2.45, 2.75) is 437 Å². The van der Waals surface area contributed by atoms with Gasteiger partial charge in [-0.15, -0.1) is 0 Å². The molecule has 0 heterocycles. The van der Waals surface area contributed by atoms with Crippen LogP contribution >= 0.6 is 0 Å². The Hall–Kier alpha value is -1.40. The van der Waals surface area contributed by atoms with Gasteiger partial charge < -0.3 is 20.3 Å². The van der Waals surface area contributed by atoms with Gasteiger partial charge in [0, 0.05) is 12.8 Å². The van der Waals surface area contributed by atoms with Crippen molar-refractivity contribution in [3.63, 3.8) is 0 Å². The molecule has 6 nitrogen and oxygen atoms in total. The first-order valence-corrected chi connectivity index (χ1v) is 36.9. The van der Waals surface area contributed by atoms with Crippen LogP contribution in [0, 0.1) is 0 Å². The summed E-state index contributed by atoms with van der Waals surface area (Å²) in [5.74, 6) is -0.00844. The second-order valence-corrected chi connectivity index (χ2v) is 25.6. The minimum Gasteiger partial charge on any atom is -0.466 e. The molecule has 0 bridgehead atoms. The van der Waals surface area contributed by atoms with E-state index in [0.29, 0.717) is 25.9 Å². The van der Waals surface area contributed by atoms with Crippen LogP contribution in [0.15, 0.2) is 12.2 Å². The Kier molecular flexibility index (Phi) is 68.9. The molecule has 3 N–H and O–H groups in total. The second-order valence-electron chi connectivity index (χ2n) is 25.6. The smallest absolute Gasteiger partial charge is 0.305 e. The van der Waals surface area contributed by atoms with Crippen LogP contribution in [-0.2, 0) is 14.3 Å². The van der Waals surface area contributed by atoms with Gasteiger partial charge >= 0.3 is 5.97 Å². The molecule has 80 heavy (non-hydrogen) atoms. The van der Waals surface area contributed by atoms with Crippen LogP contribution in [0.5, 0.6) is 0 Å². The number of nitrogens with one attached hydrogen (secondary N) is 1. The third-order valence-electron chi connectivity index (χ3n) is 17.6. The highest BCUT2D eigenvalue weighted by Crippen LogP contribution is 2.19. The molecule has 6 heteroatoms. The highest BCUT2D eigenvalue weighted by molar-refractivity contribution is 5.76. The summed E-state index contributed by atoms with van der Waals surface area (Å²) in [6.45, 7) is 5.00. The van der Waals surface area contributed by atoms with E-state index in [9.17, 15) is 19.8 Å². The molecule has 0 aliphatic heterocycles. The highest BCUT2D eigenvalue weighted by Gasteiger charge is 2.20. The molecular weight excluding hydrogens is 983 g/mol. The predicted molar refractivity (Wildman–Crippen MR) is 352 cm³/mol. The van der Waals surface area contributed by atoms with E-state index in [4.69, 9.17) is 4.74 Å². The monoisotopic (exact) mass is 1130 g/mol. The molecule has 476 valence electrons. The summed E-state index contributed by atoms with van der Waals surface area (Å²) in [6.07, 6.45) is 87.1. The van der Waals surface area contributed by atoms with Crippen molar-refractivity contribution in [1.29, 1.82) is 0 Å². The van der Waals surface area contributed by atoms with Crippen molar-refractivity contribution in [2.24, 2.45) is 0 Å². The number of carbonyl (C=O) groups is 2. The minimum absolute atomic E-state index is 0.0194. The highest BCUT2D eigenvalue weighted by atomic mass is 16.5. The maximum absolute atomic E-state index is 12.5. The molecule has 0 saturated heterocycles. The van der Waals surface area contributed by atoms with Crippen LogP contribution < -0.4 is 5.32 Å². The lowest BCUT2D eigenvalue weighted by Gasteiger charge is -2.22. The third-order valence-corrected chi connectivity index (χ3v) is 17.6. The Morgan fingerprint density at radius 3 is 0.887 bits per heavy atom. The van der Waals surface area contributed by atoms with E-state index >= 15 is 0 Å². The minimum atomic E-state index is -0.663. The first-order valence-electron chi connectivity index (χ1n) is 36.9. The molecule has 0 saturated carbocycles. The van der Waals surface area contributed by atoms with Gasteiger partial charge in [-0.25, -0.2) is 0 Å².